The summed E-state index contributed by atoms with van der Waals surface area (Å²) < 4.78 is 29.3. The van der Waals surface area contributed by atoms with Crippen LogP contribution in [-0.2, 0) is 0 Å². The zero-order valence-corrected chi connectivity index (χ0v) is 26.1. The standard InChI is InChI=1S/C35H62F2N2O2/c1-30(32(36)24-19-15-11-7-3-5-9-13-17-21-28-40)38-34-26-23-27-35(34)39-31(2)33(37)25-20-16-12-8-4-6-10-14-18-22-29-41/h24-25,34-35,38-41H,1-23,26-29H2/b32-24-,33-25-/t34-,35+. The monoisotopic (exact) mass is 580 g/mol. The largest absolute Gasteiger partial charge is 0.396 e. The number of allylic oxidation sites excluding steroid dienone is 4. The zero-order chi connectivity index (χ0) is 30.0. The highest BCUT2D eigenvalue weighted by Crippen LogP contribution is 2.24. The van der Waals surface area contributed by atoms with E-state index in [0.29, 0.717) is 37.4 Å². The van der Waals surface area contributed by atoms with Gasteiger partial charge < -0.3 is 20.8 Å². The molecule has 0 amide bonds. The van der Waals surface area contributed by atoms with E-state index in [1.54, 1.807) is 12.2 Å². The van der Waals surface area contributed by atoms with Gasteiger partial charge in [0.1, 0.15) is 11.7 Å². The van der Waals surface area contributed by atoms with Crippen molar-refractivity contribution in [2.75, 3.05) is 13.2 Å². The lowest BCUT2D eigenvalue weighted by Crippen LogP contribution is -2.43. The first kappa shape index (κ1) is 37.4. The first-order chi connectivity index (χ1) is 20.0. The molecule has 6 heteroatoms. The minimum absolute atomic E-state index is 0.00668. The Morgan fingerprint density at radius 2 is 0.829 bits per heavy atom. The van der Waals surface area contributed by atoms with E-state index in [0.717, 1.165) is 70.6 Å². The van der Waals surface area contributed by atoms with Crippen LogP contribution in [0.1, 0.15) is 148 Å². The molecular weight excluding hydrogens is 518 g/mol. The van der Waals surface area contributed by atoms with Crippen LogP contribution in [0.5, 0.6) is 0 Å². The number of nitrogens with one attached hydrogen (secondary N) is 2. The van der Waals surface area contributed by atoms with Gasteiger partial charge in [0, 0.05) is 25.3 Å². The molecule has 238 valence electrons. The lowest BCUT2D eigenvalue weighted by Gasteiger charge is -2.25. The highest BCUT2D eigenvalue weighted by Gasteiger charge is 2.28. The van der Waals surface area contributed by atoms with Crippen molar-refractivity contribution in [1.82, 2.24) is 10.6 Å². The predicted molar refractivity (Wildman–Crippen MR) is 171 cm³/mol. The van der Waals surface area contributed by atoms with Crippen molar-refractivity contribution in [3.05, 3.63) is 48.4 Å². The van der Waals surface area contributed by atoms with Crippen LogP contribution in [0.25, 0.3) is 0 Å². The van der Waals surface area contributed by atoms with Gasteiger partial charge in [0.15, 0.2) is 0 Å². The fraction of sp³-hybridized carbons (Fsp3) is 0.771. The number of hydrogen-bond acceptors (Lipinski definition) is 4. The van der Waals surface area contributed by atoms with Crippen LogP contribution in [-0.4, -0.2) is 35.5 Å². The van der Waals surface area contributed by atoms with Crippen molar-refractivity contribution in [3.8, 4) is 0 Å². The van der Waals surface area contributed by atoms with Crippen LogP contribution in [0.3, 0.4) is 0 Å². The predicted octanol–water partition coefficient (Wildman–Crippen LogP) is 9.61. The normalized spacial score (nSPS) is 17.7. The number of aliphatic hydroxyl groups is 2. The Labute approximate surface area is 250 Å². The van der Waals surface area contributed by atoms with E-state index in [1.807, 2.05) is 0 Å². The van der Waals surface area contributed by atoms with Crippen LogP contribution >= 0.6 is 0 Å². The van der Waals surface area contributed by atoms with Gasteiger partial charge in [-0.05, 0) is 69.9 Å². The van der Waals surface area contributed by atoms with Crippen LogP contribution in [0.4, 0.5) is 8.78 Å². The highest BCUT2D eigenvalue weighted by atomic mass is 19.1. The third kappa shape index (κ3) is 20.0. The van der Waals surface area contributed by atoms with Gasteiger partial charge in [-0.2, -0.15) is 0 Å². The average Bonchev–Trinajstić information content (AvgIpc) is 3.40. The van der Waals surface area contributed by atoms with E-state index >= 15 is 0 Å². The molecule has 0 aromatic carbocycles. The minimum Gasteiger partial charge on any atom is -0.396 e. The summed E-state index contributed by atoms with van der Waals surface area (Å²) in [4.78, 5) is 0. The third-order valence-corrected chi connectivity index (χ3v) is 8.18. The van der Waals surface area contributed by atoms with Crippen LogP contribution < -0.4 is 10.6 Å². The molecule has 2 atom stereocenters. The fourth-order valence-corrected chi connectivity index (χ4v) is 5.58. The minimum atomic E-state index is -0.286. The van der Waals surface area contributed by atoms with Crippen molar-refractivity contribution in [2.45, 2.75) is 160 Å². The Morgan fingerprint density at radius 3 is 1.15 bits per heavy atom. The number of aliphatic hydroxyl groups excluding tert-OH is 2. The summed E-state index contributed by atoms with van der Waals surface area (Å²) in [6, 6.07) is 0.0134. The molecule has 1 saturated carbocycles. The van der Waals surface area contributed by atoms with Gasteiger partial charge in [0.2, 0.25) is 0 Å². The molecule has 0 aromatic rings. The number of unbranched alkanes of at least 4 members (excludes halogenated alkanes) is 18. The quantitative estimate of drug-likeness (QED) is 0.0549. The van der Waals surface area contributed by atoms with Gasteiger partial charge in [-0.1, -0.05) is 103 Å². The van der Waals surface area contributed by atoms with Crippen molar-refractivity contribution in [2.24, 2.45) is 0 Å². The van der Waals surface area contributed by atoms with Crippen LogP contribution in [0.2, 0.25) is 0 Å². The molecule has 0 unspecified atom stereocenters. The summed E-state index contributed by atoms with van der Waals surface area (Å²) in [7, 11) is 0. The van der Waals surface area contributed by atoms with Gasteiger partial charge in [0.05, 0.1) is 11.4 Å². The molecule has 0 aromatic heterocycles. The summed E-state index contributed by atoms with van der Waals surface area (Å²) in [6.07, 6.45) is 28.0. The first-order valence-electron chi connectivity index (χ1n) is 16.8. The van der Waals surface area contributed by atoms with Gasteiger partial charge in [0.25, 0.3) is 0 Å². The Balaban J connectivity index is 2.19. The average molecular weight is 581 g/mol. The van der Waals surface area contributed by atoms with E-state index < -0.39 is 0 Å². The number of hydrogen-bond donors (Lipinski definition) is 4. The molecule has 0 radical (unpaired) electrons. The molecule has 1 aliphatic rings. The molecule has 0 bridgehead atoms. The summed E-state index contributed by atoms with van der Waals surface area (Å²) in [6.45, 7) is 8.43. The highest BCUT2D eigenvalue weighted by molar-refractivity contribution is 5.24. The Bertz CT molecular complexity index is 678. The van der Waals surface area contributed by atoms with E-state index in [-0.39, 0.29) is 23.7 Å². The lowest BCUT2D eigenvalue weighted by molar-refractivity contribution is 0.282. The first-order valence-corrected chi connectivity index (χ1v) is 16.8. The molecule has 0 aliphatic heterocycles. The van der Waals surface area contributed by atoms with E-state index in [2.05, 4.69) is 23.8 Å². The maximum atomic E-state index is 14.6. The van der Waals surface area contributed by atoms with E-state index in [4.69, 9.17) is 10.2 Å². The molecule has 1 aliphatic carbocycles. The number of rotatable bonds is 28. The Kier molecular flexibility index (Phi) is 23.7. The second-order valence-corrected chi connectivity index (χ2v) is 11.9. The SMILES string of the molecule is C=C(N[C@H]1CCC[C@H]1NC(=C)/C(F)=C/CCCCCCCCCCCO)/C(F)=C/CCCCCCCCCCCO. The maximum absolute atomic E-state index is 14.6. The van der Waals surface area contributed by atoms with Crippen molar-refractivity contribution < 1.29 is 19.0 Å². The van der Waals surface area contributed by atoms with Crippen molar-refractivity contribution >= 4 is 0 Å². The van der Waals surface area contributed by atoms with Crippen molar-refractivity contribution in [3.63, 3.8) is 0 Å². The fourth-order valence-electron chi connectivity index (χ4n) is 5.58. The molecular formula is C35H62F2N2O2. The molecule has 4 N–H and O–H groups in total. The van der Waals surface area contributed by atoms with Gasteiger partial charge in [-0.25, -0.2) is 8.78 Å². The summed E-state index contributed by atoms with van der Waals surface area (Å²) in [5.74, 6) is -0.572. The Morgan fingerprint density at radius 1 is 0.537 bits per heavy atom. The molecule has 0 spiro atoms. The topological polar surface area (TPSA) is 64.5 Å². The third-order valence-electron chi connectivity index (χ3n) is 8.18. The van der Waals surface area contributed by atoms with E-state index in [1.165, 1.54) is 64.2 Å². The van der Waals surface area contributed by atoms with Crippen molar-refractivity contribution in [1.29, 1.82) is 0 Å². The number of halogens is 2. The van der Waals surface area contributed by atoms with Gasteiger partial charge in [-0.3, -0.25) is 0 Å². The summed E-state index contributed by atoms with van der Waals surface area (Å²) in [5, 5.41) is 24.1. The maximum Gasteiger partial charge on any atom is 0.141 e. The van der Waals surface area contributed by atoms with E-state index in [9.17, 15) is 8.78 Å². The second kappa shape index (κ2) is 26.0. The smallest absolute Gasteiger partial charge is 0.141 e. The second-order valence-electron chi connectivity index (χ2n) is 11.9. The molecule has 41 heavy (non-hydrogen) atoms. The van der Waals surface area contributed by atoms with Crippen LogP contribution in [0, 0.1) is 0 Å². The zero-order valence-electron chi connectivity index (χ0n) is 26.1. The molecule has 4 nitrogen and oxygen atoms in total. The molecule has 1 rings (SSSR count). The molecule has 1 fully saturated rings. The Hall–Kier alpha value is -1.66. The van der Waals surface area contributed by atoms with Crippen LogP contribution in [0.15, 0.2) is 48.4 Å². The summed E-state index contributed by atoms with van der Waals surface area (Å²) >= 11 is 0. The molecule has 0 saturated heterocycles. The van der Waals surface area contributed by atoms with Gasteiger partial charge >= 0.3 is 0 Å². The molecule has 0 heterocycles. The lowest BCUT2D eigenvalue weighted by atomic mass is 10.1. The van der Waals surface area contributed by atoms with Gasteiger partial charge in [-0.15, -0.1) is 0 Å². The summed E-state index contributed by atoms with van der Waals surface area (Å²) in [5.41, 5.74) is 0.636.